The van der Waals surface area contributed by atoms with Crippen LogP contribution in [0.5, 0.6) is 5.75 Å². The predicted molar refractivity (Wildman–Crippen MR) is 111 cm³/mol. The topological polar surface area (TPSA) is 123 Å². The van der Waals surface area contributed by atoms with Crippen LogP contribution in [0.15, 0.2) is 44.7 Å². The maximum Gasteiger partial charge on any atom is 0.313 e. The maximum atomic E-state index is 12.7. The third-order valence-corrected chi connectivity index (χ3v) is 4.59. The SMILES string of the molecule is Cc1nc2ccc(Br)cc2c(=O)n1N=Cc1cc(Cl)c(OCC#N)c([N+](=O)[O-])c1. The lowest BCUT2D eigenvalue weighted by atomic mass is 10.2. The van der Waals surface area contributed by atoms with E-state index in [1.54, 1.807) is 31.2 Å². The van der Waals surface area contributed by atoms with Crippen LogP contribution in [-0.4, -0.2) is 27.4 Å². The lowest BCUT2D eigenvalue weighted by Crippen LogP contribution is -2.20. The van der Waals surface area contributed by atoms with Gasteiger partial charge in [0, 0.05) is 16.1 Å². The maximum absolute atomic E-state index is 12.7. The Morgan fingerprint density at radius 3 is 2.90 bits per heavy atom. The molecular formula is C18H11BrClN5O4. The Balaban J connectivity index is 2.07. The highest BCUT2D eigenvalue weighted by molar-refractivity contribution is 9.10. The molecule has 3 aromatic rings. The van der Waals surface area contributed by atoms with Crippen molar-refractivity contribution in [2.75, 3.05) is 6.61 Å². The molecule has 2 aromatic carbocycles. The summed E-state index contributed by atoms with van der Waals surface area (Å²) in [4.78, 5) is 27.7. The van der Waals surface area contributed by atoms with Crippen molar-refractivity contribution in [3.63, 3.8) is 0 Å². The quantitative estimate of drug-likeness (QED) is 0.313. The van der Waals surface area contributed by atoms with Gasteiger partial charge in [0.15, 0.2) is 6.61 Å². The molecule has 1 heterocycles. The first-order valence-corrected chi connectivity index (χ1v) is 9.20. The Labute approximate surface area is 177 Å². The van der Waals surface area contributed by atoms with Crippen LogP contribution < -0.4 is 10.3 Å². The second kappa shape index (κ2) is 8.38. The lowest BCUT2D eigenvalue weighted by Gasteiger charge is -2.07. The monoisotopic (exact) mass is 475 g/mol. The molecule has 0 aliphatic carbocycles. The zero-order valence-corrected chi connectivity index (χ0v) is 17.1. The Bertz CT molecular complexity index is 1270. The van der Waals surface area contributed by atoms with E-state index in [4.69, 9.17) is 21.6 Å². The minimum Gasteiger partial charge on any atom is -0.470 e. The minimum atomic E-state index is -0.678. The molecule has 0 radical (unpaired) electrons. The van der Waals surface area contributed by atoms with Gasteiger partial charge in [-0.1, -0.05) is 27.5 Å². The van der Waals surface area contributed by atoms with Crippen molar-refractivity contribution in [3.05, 3.63) is 71.7 Å². The molecule has 0 bridgehead atoms. The summed E-state index contributed by atoms with van der Waals surface area (Å²) in [7, 11) is 0. The van der Waals surface area contributed by atoms with Crippen LogP contribution in [0.4, 0.5) is 5.69 Å². The molecule has 9 nitrogen and oxygen atoms in total. The number of nitrogens with zero attached hydrogens (tertiary/aromatic N) is 5. The van der Waals surface area contributed by atoms with Gasteiger partial charge in [-0.25, -0.2) is 4.98 Å². The normalized spacial score (nSPS) is 11.0. The first kappa shape index (κ1) is 20.4. The molecule has 29 heavy (non-hydrogen) atoms. The number of nitro benzene ring substituents is 1. The van der Waals surface area contributed by atoms with Crippen molar-refractivity contribution >= 4 is 50.3 Å². The van der Waals surface area contributed by atoms with Gasteiger partial charge in [-0.2, -0.15) is 15.0 Å². The van der Waals surface area contributed by atoms with Crippen molar-refractivity contribution in [1.29, 1.82) is 5.26 Å². The third-order valence-electron chi connectivity index (χ3n) is 3.82. The highest BCUT2D eigenvalue weighted by Gasteiger charge is 2.20. The van der Waals surface area contributed by atoms with E-state index in [1.165, 1.54) is 18.3 Å². The standard InChI is InChI=1S/C18H11BrClN5O4/c1-10-23-15-3-2-12(19)8-13(15)18(26)24(10)22-9-11-6-14(20)17(29-5-4-21)16(7-11)25(27)28/h2-3,6-9H,5H2,1H3. The van der Waals surface area contributed by atoms with Crippen LogP contribution in [0, 0.1) is 28.4 Å². The largest absolute Gasteiger partial charge is 0.470 e. The second-order valence-electron chi connectivity index (χ2n) is 5.74. The van der Waals surface area contributed by atoms with Crippen LogP contribution in [-0.2, 0) is 0 Å². The summed E-state index contributed by atoms with van der Waals surface area (Å²) in [5, 5.41) is 24.4. The van der Waals surface area contributed by atoms with Crippen molar-refractivity contribution in [2.24, 2.45) is 5.10 Å². The number of rotatable bonds is 5. The van der Waals surface area contributed by atoms with E-state index >= 15 is 0 Å². The Hall–Kier alpha value is -3.29. The molecule has 11 heteroatoms. The molecular weight excluding hydrogens is 466 g/mol. The van der Waals surface area contributed by atoms with Crippen LogP contribution in [0.1, 0.15) is 11.4 Å². The van der Waals surface area contributed by atoms with Gasteiger partial charge in [-0.3, -0.25) is 14.9 Å². The van der Waals surface area contributed by atoms with Crippen molar-refractivity contribution in [1.82, 2.24) is 9.66 Å². The molecule has 0 aliphatic heterocycles. The Kier molecular flexibility index (Phi) is 5.91. The first-order chi connectivity index (χ1) is 13.8. The number of hydrogen-bond acceptors (Lipinski definition) is 7. The Morgan fingerprint density at radius 1 is 1.45 bits per heavy atom. The fraction of sp³-hybridized carbons (Fsp3) is 0.111. The van der Waals surface area contributed by atoms with E-state index < -0.39 is 10.6 Å². The average Bonchev–Trinajstić information content (AvgIpc) is 2.67. The summed E-state index contributed by atoms with van der Waals surface area (Å²) in [6, 6.07) is 9.42. The number of aromatic nitrogens is 2. The molecule has 0 aliphatic rings. The van der Waals surface area contributed by atoms with Crippen LogP contribution in [0.25, 0.3) is 10.9 Å². The van der Waals surface area contributed by atoms with Crippen molar-refractivity contribution in [3.8, 4) is 11.8 Å². The molecule has 1 aromatic heterocycles. The molecule has 0 saturated carbocycles. The molecule has 0 saturated heterocycles. The van der Waals surface area contributed by atoms with E-state index in [9.17, 15) is 14.9 Å². The average molecular weight is 477 g/mol. The van der Waals surface area contributed by atoms with E-state index in [1.807, 2.05) is 0 Å². The number of nitriles is 1. The summed E-state index contributed by atoms with van der Waals surface area (Å²) in [6.45, 7) is 1.23. The minimum absolute atomic E-state index is 0.0551. The molecule has 0 N–H and O–H groups in total. The van der Waals surface area contributed by atoms with Gasteiger partial charge >= 0.3 is 5.69 Å². The summed E-state index contributed by atoms with van der Waals surface area (Å²) in [6.07, 6.45) is 1.26. The zero-order chi connectivity index (χ0) is 21.1. The lowest BCUT2D eigenvalue weighted by molar-refractivity contribution is -0.385. The molecule has 0 atom stereocenters. The smallest absolute Gasteiger partial charge is 0.313 e. The summed E-state index contributed by atoms with van der Waals surface area (Å²) >= 11 is 9.38. The molecule has 0 spiro atoms. The number of hydrogen-bond donors (Lipinski definition) is 0. The number of benzene rings is 2. The highest BCUT2D eigenvalue weighted by atomic mass is 79.9. The molecule has 0 fully saturated rings. The first-order valence-electron chi connectivity index (χ1n) is 8.02. The number of ether oxygens (including phenoxy) is 1. The van der Waals surface area contributed by atoms with Gasteiger partial charge in [0.1, 0.15) is 11.9 Å². The van der Waals surface area contributed by atoms with Gasteiger partial charge in [0.05, 0.1) is 27.1 Å². The highest BCUT2D eigenvalue weighted by Crippen LogP contribution is 2.35. The number of nitro groups is 1. The van der Waals surface area contributed by atoms with Crippen LogP contribution >= 0.6 is 27.5 Å². The second-order valence-corrected chi connectivity index (χ2v) is 7.06. The van der Waals surface area contributed by atoms with E-state index in [0.29, 0.717) is 16.7 Å². The van der Waals surface area contributed by atoms with Gasteiger partial charge in [0.2, 0.25) is 5.75 Å². The summed E-state index contributed by atoms with van der Waals surface area (Å²) < 4.78 is 6.86. The van der Waals surface area contributed by atoms with Crippen molar-refractivity contribution in [2.45, 2.75) is 6.92 Å². The summed E-state index contributed by atoms with van der Waals surface area (Å²) in [5.74, 6) is 0.136. The predicted octanol–water partition coefficient (Wildman–Crippen LogP) is 3.81. The van der Waals surface area contributed by atoms with Gasteiger partial charge in [-0.15, -0.1) is 0 Å². The van der Waals surface area contributed by atoms with Gasteiger partial charge < -0.3 is 4.74 Å². The summed E-state index contributed by atoms with van der Waals surface area (Å²) in [5.41, 5.74) is -0.00932. The number of fused-ring (bicyclic) bond motifs is 1. The van der Waals surface area contributed by atoms with E-state index in [0.717, 1.165) is 9.15 Å². The van der Waals surface area contributed by atoms with Crippen molar-refractivity contribution < 1.29 is 9.66 Å². The van der Waals surface area contributed by atoms with Gasteiger partial charge in [0.25, 0.3) is 5.56 Å². The fourth-order valence-electron chi connectivity index (χ4n) is 2.58. The van der Waals surface area contributed by atoms with Crippen LogP contribution in [0.3, 0.4) is 0 Å². The van der Waals surface area contributed by atoms with Gasteiger partial charge in [-0.05, 0) is 31.2 Å². The molecule has 146 valence electrons. The fourth-order valence-corrected chi connectivity index (χ4v) is 3.22. The Morgan fingerprint density at radius 2 is 2.21 bits per heavy atom. The third kappa shape index (κ3) is 4.26. The molecule has 0 unspecified atom stereocenters. The number of aryl methyl sites for hydroxylation is 1. The number of halogens is 2. The zero-order valence-electron chi connectivity index (χ0n) is 14.8. The van der Waals surface area contributed by atoms with E-state index in [-0.39, 0.29) is 28.5 Å². The van der Waals surface area contributed by atoms with Crippen LogP contribution in [0.2, 0.25) is 5.02 Å². The van der Waals surface area contributed by atoms with E-state index in [2.05, 4.69) is 26.0 Å². The molecule has 3 rings (SSSR count). The molecule has 0 amide bonds.